The lowest BCUT2D eigenvalue weighted by molar-refractivity contribution is -0.150. The lowest BCUT2D eigenvalue weighted by Crippen LogP contribution is -2.35. The molecular formula is C12H12BrF2NO. The number of likely N-dealkylation sites (tertiary alicyclic amines) is 1. The molecule has 0 saturated carbocycles. The summed E-state index contributed by atoms with van der Waals surface area (Å²) in [6, 6.07) is 9.16. The predicted molar refractivity (Wildman–Crippen MR) is 64.1 cm³/mol. The van der Waals surface area contributed by atoms with Crippen molar-refractivity contribution in [3.05, 3.63) is 35.9 Å². The molecule has 17 heavy (non-hydrogen) atoms. The van der Waals surface area contributed by atoms with Gasteiger partial charge < -0.3 is 4.90 Å². The SMILES string of the molecule is O=C1N(Cc2ccccc2)CC(CBr)C1(F)F. The van der Waals surface area contributed by atoms with Crippen LogP contribution in [0.25, 0.3) is 0 Å². The van der Waals surface area contributed by atoms with Gasteiger partial charge in [0.2, 0.25) is 0 Å². The molecule has 1 aliphatic heterocycles. The first-order valence-corrected chi connectivity index (χ1v) is 6.45. The first-order valence-electron chi connectivity index (χ1n) is 5.32. The molecule has 0 spiro atoms. The Morgan fingerprint density at radius 1 is 1.35 bits per heavy atom. The maximum atomic E-state index is 13.5. The number of alkyl halides is 3. The first kappa shape index (κ1) is 12.5. The summed E-state index contributed by atoms with van der Waals surface area (Å²) in [6.07, 6.45) is 0. The molecule has 1 atom stereocenters. The average molecular weight is 304 g/mol. The van der Waals surface area contributed by atoms with Gasteiger partial charge in [-0.05, 0) is 5.56 Å². The Labute approximate surface area is 107 Å². The van der Waals surface area contributed by atoms with Crippen LogP contribution in [-0.4, -0.2) is 28.6 Å². The zero-order valence-corrected chi connectivity index (χ0v) is 10.7. The number of rotatable bonds is 3. The van der Waals surface area contributed by atoms with Crippen LogP contribution in [0.2, 0.25) is 0 Å². The Morgan fingerprint density at radius 2 is 2.00 bits per heavy atom. The van der Waals surface area contributed by atoms with Gasteiger partial charge in [0.15, 0.2) is 0 Å². The molecule has 0 radical (unpaired) electrons. The van der Waals surface area contributed by atoms with Gasteiger partial charge in [-0.25, -0.2) is 0 Å². The monoisotopic (exact) mass is 303 g/mol. The minimum atomic E-state index is -3.24. The Hall–Kier alpha value is -0.970. The standard InChI is InChI=1S/C12H12BrF2NO/c13-6-10-8-16(11(17)12(10,14)15)7-9-4-2-1-3-5-9/h1-5,10H,6-8H2. The second kappa shape index (κ2) is 4.72. The zero-order chi connectivity index (χ0) is 12.5. The molecule has 1 fully saturated rings. The summed E-state index contributed by atoms with van der Waals surface area (Å²) < 4.78 is 27.1. The second-order valence-corrected chi connectivity index (χ2v) is 4.79. The summed E-state index contributed by atoms with van der Waals surface area (Å²) in [5.41, 5.74) is 0.867. The van der Waals surface area contributed by atoms with Gasteiger partial charge in [0.05, 0.1) is 5.92 Å². The third-order valence-electron chi connectivity index (χ3n) is 2.93. The normalized spacial score (nSPS) is 23.1. The molecule has 1 unspecified atom stereocenters. The Bertz CT molecular complexity index is 410. The van der Waals surface area contributed by atoms with Gasteiger partial charge in [-0.15, -0.1) is 0 Å². The van der Waals surface area contributed by atoms with E-state index in [-0.39, 0.29) is 18.4 Å². The van der Waals surface area contributed by atoms with Gasteiger partial charge in [-0.3, -0.25) is 4.79 Å². The van der Waals surface area contributed by atoms with E-state index in [4.69, 9.17) is 0 Å². The van der Waals surface area contributed by atoms with Crippen molar-refractivity contribution in [3.8, 4) is 0 Å². The van der Waals surface area contributed by atoms with E-state index in [0.717, 1.165) is 5.56 Å². The highest BCUT2D eigenvalue weighted by atomic mass is 79.9. The molecule has 1 aliphatic rings. The van der Waals surface area contributed by atoms with Crippen molar-refractivity contribution >= 4 is 21.8 Å². The highest BCUT2D eigenvalue weighted by Crippen LogP contribution is 2.36. The molecule has 5 heteroatoms. The van der Waals surface area contributed by atoms with Crippen LogP contribution in [0.15, 0.2) is 30.3 Å². The molecule has 1 amide bonds. The van der Waals surface area contributed by atoms with E-state index in [9.17, 15) is 13.6 Å². The number of amides is 1. The number of hydrogen-bond acceptors (Lipinski definition) is 1. The van der Waals surface area contributed by atoms with Gasteiger partial charge in [0, 0.05) is 18.4 Å². The lowest BCUT2D eigenvalue weighted by Gasteiger charge is -2.15. The van der Waals surface area contributed by atoms with Gasteiger partial charge in [-0.1, -0.05) is 46.3 Å². The maximum absolute atomic E-state index is 13.5. The van der Waals surface area contributed by atoms with Crippen molar-refractivity contribution < 1.29 is 13.6 Å². The van der Waals surface area contributed by atoms with Crippen LogP contribution in [0.4, 0.5) is 8.78 Å². The van der Waals surface area contributed by atoms with E-state index in [1.807, 2.05) is 30.3 Å². The summed E-state index contributed by atoms with van der Waals surface area (Å²) in [4.78, 5) is 12.8. The van der Waals surface area contributed by atoms with Gasteiger partial charge in [0.25, 0.3) is 5.91 Å². The van der Waals surface area contributed by atoms with Crippen LogP contribution >= 0.6 is 15.9 Å². The molecule has 2 rings (SSSR count). The summed E-state index contributed by atoms with van der Waals surface area (Å²) in [6.45, 7) is 0.352. The van der Waals surface area contributed by atoms with Crippen molar-refractivity contribution in [1.29, 1.82) is 0 Å². The fourth-order valence-electron chi connectivity index (χ4n) is 1.93. The molecule has 0 bridgehead atoms. The maximum Gasteiger partial charge on any atom is 0.330 e. The fourth-order valence-corrected chi connectivity index (χ4v) is 2.55. The van der Waals surface area contributed by atoms with Crippen LogP contribution < -0.4 is 0 Å². The molecule has 0 aromatic heterocycles. The first-order chi connectivity index (χ1) is 8.05. The number of nitrogens with zero attached hydrogens (tertiary/aromatic N) is 1. The lowest BCUT2D eigenvalue weighted by atomic mass is 10.1. The largest absolute Gasteiger partial charge is 0.333 e. The highest BCUT2D eigenvalue weighted by molar-refractivity contribution is 9.09. The van der Waals surface area contributed by atoms with Gasteiger partial charge in [0.1, 0.15) is 0 Å². The van der Waals surface area contributed by atoms with E-state index in [1.54, 1.807) is 0 Å². The van der Waals surface area contributed by atoms with E-state index in [1.165, 1.54) is 4.90 Å². The molecular weight excluding hydrogens is 292 g/mol. The van der Waals surface area contributed by atoms with Crippen molar-refractivity contribution in [3.63, 3.8) is 0 Å². The van der Waals surface area contributed by atoms with E-state index in [0.29, 0.717) is 0 Å². The summed E-state index contributed by atoms with van der Waals surface area (Å²) in [5.74, 6) is -5.23. The van der Waals surface area contributed by atoms with Crippen molar-refractivity contribution in [2.24, 2.45) is 5.92 Å². The molecule has 0 aliphatic carbocycles. The molecule has 2 nitrogen and oxygen atoms in total. The second-order valence-electron chi connectivity index (χ2n) is 4.15. The Morgan fingerprint density at radius 3 is 2.53 bits per heavy atom. The number of halogens is 3. The third kappa shape index (κ3) is 2.34. The smallest absolute Gasteiger partial charge is 0.330 e. The van der Waals surface area contributed by atoms with Gasteiger partial charge in [-0.2, -0.15) is 8.78 Å². The van der Waals surface area contributed by atoms with E-state index >= 15 is 0 Å². The fraction of sp³-hybridized carbons (Fsp3) is 0.417. The van der Waals surface area contributed by atoms with Crippen molar-refractivity contribution in [2.45, 2.75) is 12.5 Å². The summed E-state index contributed by atoms with van der Waals surface area (Å²) in [7, 11) is 0. The number of benzene rings is 1. The summed E-state index contributed by atoms with van der Waals surface area (Å²) >= 11 is 3.03. The molecule has 0 N–H and O–H groups in total. The third-order valence-corrected chi connectivity index (χ3v) is 3.71. The van der Waals surface area contributed by atoms with Crippen LogP contribution in [0.3, 0.4) is 0 Å². The Balaban J connectivity index is 2.12. The van der Waals surface area contributed by atoms with Crippen LogP contribution in [0, 0.1) is 5.92 Å². The van der Waals surface area contributed by atoms with E-state index in [2.05, 4.69) is 15.9 Å². The minimum absolute atomic E-state index is 0.103. The number of carbonyl (C=O) groups is 1. The van der Waals surface area contributed by atoms with E-state index < -0.39 is 17.7 Å². The van der Waals surface area contributed by atoms with Crippen molar-refractivity contribution in [1.82, 2.24) is 4.90 Å². The zero-order valence-electron chi connectivity index (χ0n) is 9.07. The Kier molecular flexibility index (Phi) is 3.47. The van der Waals surface area contributed by atoms with Crippen LogP contribution in [-0.2, 0) is 11.3 Å². The minimum Gasteiger partial charge on any atom is -0.333 e. The molecule has 1 aromatic carbocycles. The van der Waals surface area contributed by atoms with Crippen LogP contribution in [0.5, 0.6) is 0 Å². The highest BCUT2D eigenvalue weighted by Gasteiger charge is 2.55. The molecule has 92 valence electrons. The van der Waals surface area contributed by atoms with Crippen molar-refractivity contribution in [2.75, 3.05) is 11.9 Å². The predicted octanol–water partition coefficient (Wildman–Crippen LogP) is 2.68. The topological polar surface area (TPSA) is 20.3 Å². The molecule has 1 heterocycles. The number of hydrogen-bond donors (Lipinski definition) is 0. The average Bonchev–Trinajstić information content (AvgIpc) is 2.54. The molecule has 1 aromatic rings. The number of carbonyl (C=O) groups excluding carboxylic acids is 1. The summed E-state index contributed by atoms with van der Waals surface area (Å²) in [5, 5.41) is 0.136. The quantitative estimate of drug-likeness (QED) is 0.786. The van der Waals surface area contributed by atoms with Crippen LogP contribution in [0.1, 0.15) is 5.56 Å². The van der Waals surface area contributed by atoms with Gasteiger partial charge >= 0.3 is 5.92 Å². The molecule has 1 saturated heterocycles.